The van der Waals surface area contributed by atoms with E-state index in [1.807, 2.05) is 6.07 Å². The molecule has 2 aliphatic carbocycles. The van der Waals surface area contributed by atoms with Gasteiger partial charge in [-0.2, -0.15) is 0 Å². The molecule has 1 N–H and O–H groups in total. The van der Waals surface area contributed by atoms with E-state index in [4.69, 9.17) is 4.74 Å². The maximum atomic E-state index is 11.0. The van der Waals surface area contributed by atoms with Crippen molar-refractivity contribution in [3.8, 4) is 0 Å². The van der Waals surface area contributed by atoms with Gasteiger partial charge in [0.05, 0.1) is 6.10 Å². The van der Waals surface area contributed by atoms with E-state index >= 15 is 0 Å². The molecule has 0 radical (unpaired) electrons. The molecule has 1 saturated heterocycles. The van der Waals surface area contributed by atoms with Gasteiger partial charge in [0.25, 0.3) is 0 Å². The van der Waals surface area contributed by atoms with E-state index in [1.165, 1.54) is 24.0 Å². The minimum atomic E-state index is -0.0417. The van der Waals surface area contributed by atoms with Crippen LogP contribution in [0.5, 0.6) is 0 Å². The first-order valence-corrected chi connectivity index (χ1v) is 12.1. The number of ketones is 1. The summed E-state index contributed by atoms with van der Waals surface area (Å²) in [6, 6.07) is 21.2. The van der Waals surface area contributed by atoms with E-state index < -0.39 is 0 Å². The van der Waals surface area contributed by atoms with Gasteiger partial charge in [0, 0.05) is 26.1 Å². The Kier molecular flexibility index (Phi) is 16.1. The van der Waals surface area contributed by atoms with Gasteiger partial charge in [-0.05, 0) is 74.3 Å². The third-order valence-electron chi connectivity index (χ3n) is 6.61. The fraction of sp³-hybridized carbons (Fsp3) is 0.536. The number of aliphatic hydroxyl groups excluding tert-OH is 1. The zero-order valence-corrected chi connectivity index (χ0v) is 19.8. The molecule has 0 spiro atoms. The zero-order valence-electron chi connectivity index (χ0n) is 20.8. The number of hydrogen-bond acceptors (Lipinski definition) is 3. The molecule has 2 aromatic carbocycles. The Hall–Kier alpha value is -0.840. The van der Waals surface area contributed by atoms with Crippen molar-refractivity contribution in [3.05, 3.63) is 71.8 Å². The number of aliphatic hydroxyl groups is 1. The normalized spacial score (nSPS) is 22.4. The quantitative estimate of drug-likeness (QED) is 0.700. The van der Waals surface area contributed by atoms with E-state index in [0.29, 0.717) is 17.6 Å². The second-order valence-corrected chi connectivity index (χ2v) is 8.96. The van der Waals surface area contributed by atoms with Crippen molar-refractivity contribution < 1.29 is 34.9 Å². The fourth-order valence-electron chi connectivity index (χ4n) is 4.64. The Morgan fingerprint density at radius 3 is 1.52 bits per heavy atom. The van der Waals surface area contributed by atoms with E-state index in [-0.39, 0.29) is 43.8 Å². The number of ether oxygens (including phenoxy) is 1. The molecule has 3 aliphatic rings. The molecule has 0 aromatic heterocycles. The van der Waals surface area contributed by atoms with E-state index in [2.05, 4.69) is 54.6 Å². The minimum absolute atomic E-state index is 0. The molecule has 5 heteroatoms. The third-order valence-corrected chi connectivity index (χ3v) is 6.61. The molecule has 0 bridgehead atoms. The molecule has 5 rings (SSSR count). The van der Waals surface area contributed by atoms with Gasteiger partial charge in [-0.15, -0.1) is 0 Å². The summed E-state index contributed by atoms with van der Waals surface area (Å²) in [5.41, 5.74) is 2.84. The van der Waals surface area contributed by atoms with Crippen LogP contribution in [-0.2, 0) is 9.53 Å². The van der Waals surface area contributed by atoms with Gasteiger partial charge in [0.15, 0.2) is 17.4 Å². The summed E-state index contributed by atoms with van der Waals surface area (Å²) < 4.78 is 4.94. The van der Waals surface area contributed by atoms with Crippen molar-refractivity contribution >= 4 is 23.1 Å². The van der Waals surface area contributed by atoms with Crippen molar-refractivity contribution in [2.75, 3.05) is 13.2 Å². The molecular formula is C28H42AlLiO3. The van der Waals surface area contributed by atoms with E-state index in [9.17, 15) is 9.90 Å². The van der Waals surface area contributed by atoms with Crippen LogP contribution in [0.15, 0.2) is 60.7 Å². The Morgan fingerprint density at radius 2 is 1.12 bits per heavy atom. The number of rotatable bonds is 2. The van der Waals surface area contributed by atoms with Crippen LogP contribution in [0.3, 0.4) is 0 Å². The summed E-state index contributed by atoms with van der Waals surface area (Å²) in [6.07, 6.45) is 10.4. The first-order chi connectivity index (χ1) is 15.2. The Bertz CT molecular complexity index is 733. The van der Waals surface area contributed by atoms with Crippen LogP contribution in [-0.4, -0.2) is 47.6 Å². The van der Waals surface area contributed by atoms with Gasteiger partial charge in [0.1, 0.15) is 5.78 Å². The number of benzene rings is 2. The number of hydrogen-bond donors (Lipinski definition) is 1. The van der Waals surface area contributed by atoms with Crippen molar-refractivity contribution in [1.82, 2.24) is 0 Å². The van der Waals surface area contributed by atoms with Crippen molar-refractivity contribution in [3.63, 3.8) is 0 Å². The Balaban J connectivity index is 0.000000497. The average molecular weight is 461 g/mol. The summed E-state index contributed by atoms with van der Waals surface area (Å²) in [6.45, 7) is 2.00. The van der Waals surface area contributed by atoms with E-state index in [1.54, 1.807) is 0 Å². The standard InChI is InChI=1S/C12H16O.C12H14O.C4H8O.Al.Li.4H/c2*13-12-8-6-11(7-9-12)10-4-2-1-3-5-10;1-2-4-5-3-1;;;;;;/h1-5,11-13H,6-9H2;1-5,11H,6-9H2;1-4H2;;;;;;/q;;;;+1;;;;-1. The monoisotopic (exact) mass is 460 g/mol. The molecule has 2 saturated carbocycles. The second-order valence-electron chi connectivity index (χ2n) is 8.96. The average Bonchev–Trinajstić information content (AvgIpc) is 3.42. The molecule has 3 fully saturated rings. The second kappa shape index (κ2) is 17.6. The van der Waals surface area contributed by atoms with Gasteiger partial charge < -0.3 is 11.3 Å². The molecule has 176 valence electrons. The molecular weight excluding hydrogens is 418 g/mol. The summed E-state index contributed by atoms with van der Waals surface area (Å²) in [4.78, 5) is 11.0. The molecule has 2 aromatic rings. The minimum Gasteiger partial charge on any atom is -1.00 e. The summed E-state index contributed by atoms with van der Waals surface area (Å²) >= 11 is 0. The van der Waals surface area contributed by atoms with Crippen molar-refractivity contribution in [1.29, 1.82) is 0 Å². The topological polar surface area (TPSA) is 46.5 Å². The molecule has 0 amide bonds. The smallest absolute Gasteiger partial charge is 1.00 e. The van der Waals surface area contributed by atoms with Crippen LogP contribution in [0.2, 0.25) is 0 Å². The molecule has 1 heterocycles. The Morgan fingerprint density at radius 1 is 0.697 bits per heavy atom. The van der Waals surface area contributed by atoms with Crippen molar-refractivity contribution in [2.24, 2.45) is 0 Å². The van der Waals surface area contributed by atoms with Gasteiger partial charge >= 0.3 is 18.9 Å². The summed E-state index contributed by atoms with van der Waals surface area (Å²) in [5.74, 6) is 1.75. The molecule has 3 nitrogen and oxygen atoms in total. The largest absolute Gasteiger partial charge is 1.00 e. The van der Waals surface area contributed by atoms with Gasteiger partial charge in [-0.3, -0.25) is 4.79 Å². The first-order valence-electron chi connectivity index (χ1n) is 12.1. The van der Waals surface area contributed by atoms with Gasteiger partial charge in [-0.1, -0.05) is 60.7 Å². The van der Waals surface area contributed by atoms with Crippen LogP contribution < -0.4 is 18.9 Å². The van der Waals surface area contributed by atoms with Crippen LogP contribution >= 0.6 is 0 Å². The Labute approximate surface area is 224 Å². The number of Topliss-reactive ketones (excluding diaryl/α,β-unsaturated/α-hetero) is 1. The van der Waals surface area contributed by atoms with Crippen LogP contribution in [0.25, 0.3) is 0 Å². The molecule has 0 unspecified atom stereocenters. The molecule has 1 aliphatic heterocycles. The SMILES string of the molecule is C1CCOC1.O=C1CCC(c2ccccc2)CC1.OC1CCC(c2ccccc2)CC1.[AlH3].[H-].[Li+]. The van der Waals surface area contributed by atoms with E-state index in [0.717, 1.165) is 64.6 Å². The van der Waals surface area contributed by atoms with Crippen LogP contribution in [0, 0.1) is 0 Å². The zero-order chi connectivity index (χ0) is 21.7. The van der Waals surface area contributed by atoms with Crippen molar-refractivity contribution in [2.45, 2.75) is 82.1 Å². The summed E-state index contributed by atoms with van der Waals surface area (Å²) in [5, 5.41) is 9.37. The predicted molar refractivity (Wildman–Crippen MR) is 137 cm³/mol. The molecule has 33 heavy (non-hydrogen) atoms. The predicted octanol–water partition coefficient (Wildman–Crippen LogP) is 2.35. The van der Waals surface area contributed by atoms with Crippen LogP contribution in [0.1, 0.15) is 88.6 Å². The fourth-order valence-corrected chi connectivity index (χ4v) is 4.64. The number of carbonyl (C=O) groups is 1. The maximum Gasteiger partial charge on any atom is 1.00 e. The van der Waals surface area contributed by atoms with Gasteiger partial charge in [-0.25, -0.2) is 0 Å². The first kappa shape index (κ1) is 30.2. The van der Waals surface area contributed by atoms with Gasteiger partial charge in [0.2, 0.25) is 0 Å². The third kappa shape index (κ3) is 11.4. The molecule has 0 atom stereocenters. The van der Waals surface area contributed by atoms with Crippen LogP contribution in [0.4, 0.5) is 0 Å². The maximum absolute atomic E-state index is 11.0. The number of carbonyl (C=O) groups excluding carboxylic acids is 1. The summed E-state index contributed by atoms with van der Waals surface area (Å²) in [7, 11) is 0.